The molecule has 0 aliphatic carbocycles. The molecule has 106 valence electrons. The van der Waals surface area contributed by atoms with E-state index < -0.39 is 0 Å². The molecule has 1 N–H and O–H groups in total. The molecule has 0 saturated carbocycles. The smallest absolute Gasteiger partial charge is 0.227 e. The van der Waals surface area contributed by atoms with E-state index in [1.54, 1.807) is 6.20 Å². The normalized spacial score (nSPS) is 11.6. The van der Waals surface area contributed by atoms with Crippen LogP contribution in [0.4, 0.5) is 11.6 Å². The molecule has 1 aromatic heterocycles. The molecule has 21 heavy (non-hydrogen) atoms. The first kappa shape index (κ1) is 13.6. The molecule has 2 aromatic carbocycles. The summed E-state index contributed by atoms with van der Waals surface area (Å²) in [5.41, 5.74) is 2.07. The van der Waals surface area contributed by atoms with Gasteiger partial charge in [-0.25, -0.2) is 9.97 Å². The number of fused-ring (bicyclic) bond motifs is 1. The van der Waals surface area contributed by atoms with Gasteiger partial charge in [-0.1, -0.05) is 57.2 Å². The minimum Gasteiger partial charge on any atom is -0.324 e. The van der Waals surface area contributed by atoms with Gasteiger partial charge < -0.3 is 5.32 Å². The predicted octanol–water partition coefficient (Wildman–Crippen LogP) is 4.67. The lowest BCUT2D eigenvalue weighted by Crippen LogP contribution is -2.14. The van der Waals surface area contributed by atoms with E-state index in [0.717, 1.165) is 11.4 Å². The second kappa shape index (κ2) is 5.17. The van der Waals surface area contributed by atoms with Crippen LogP contribution in [-0.2, 0) is 5.41 Å². The van der Waals surface area contributed by atoms with Gasteiger partial charge in [0.2, 0.25) is 5.95 Å². The summed E-state index contributed by atoms with van der Waals surface area (Å²) in [7, 11) is 0. The highest BCUT2D eigenvalue weighted by molar-refractivity contribution is 5.94. The average molecular weight is 277 g/mol. The first-order valence-electron chi connectivity index (χ1n) is 7.12. The molecule has 0 fully saturated rings. The monoisotopic (exact) mass is 277 g/mol. The second-order valence-corrected chi connectivity index (χ2v) is 6.17. The summed E-state index contributed by atoms with van der Waals surface area (Å²) in [5, 5.41) is 5.71. The first-order valence-corrected chi connectivity index (χ1v) is 7.12. The van der Waals surface area contributed by atoms with Gasteiger partial charge in [0.15, 0.2) is 0 Å². The van der Waals surface area contributed by atoms with Crippen LogP contribution in [0.2, 0.25) is 0 Å². The largest absolute Gasteiger partial charge is 0.324 e. The molecule has 0 aliphatic rings. The predicted molar refractivity (Wildman–Crippen MR) is 88.0 cm³/mol. The van der Waals surface area contributed by atoms with Crippen molar-refractivity contribution in [3.05, 3.63) is 60.4 Å². The molecule has 3 rings (SSSR count). The number of anilines is 2. The van der Waals surface area contributed by atoms with Gasteiger partial charge in [0, 0.05) is 22.7 Å². The maximum atomic E-state index is 4.62. The fourth-order valence-electron chi connectivity index (χ4n) is 2.29. The van der Waals surface area contributed by atoms with Gasteiger partial charge in [-0.15, -0.1) is 0 Å². The second-order valence-electron chi connectivity index (χ2n) is 6.17. The molecule has 0 bridgehead atoms. The van der Waals surface area contributed by atoms with Crippen LogP contribution in [0.25, 0.3) is 10.8 Å². The van der Waals surface area contributed by atoms with Crippen LogP contribution in [0.1, 0.15) is 26.5 Å². The van der Waals surface area contributed by atoms with Gasteiger partial charge in [-0.05, 0) is 17.5 Å². The molecule has 3 heteroatoms. The van der Waals surface area contributed by atoms with Crippen LogP contribution in [0.15, 0.2) is 54.7 Å². The van der Waals surface area contributed by atoms with Gasteiger partial charge in [0.1, 0.15) is 0 Å². The molecule has 0 unspecified atom stereocenters. The molecule has 0 atom stereocenters. The molecule has 0 spiro atoms. The molecule has 3 aromatic rings. The number of hydrogen-bond donors (Lipinski definition) is 1. The average Bonchev–Trinajstić information content (AvgIpc) is 2.47. The fraction of sp³-hybridized carbons (Fsp3) is 0.222. The number of hydrogen-bond acceptors (Lipinski definition) is 3. The zero-order chi connectivity index (χ0) is 14.9. The Hall–Kier alpha value is -2.42. The summed E-state index contributed by atoms with van der Waals surface area (Å²) in [6.07, 6.45) is 1.81. The maximum Gasteiger partial charge on any atom is 0.227 e. The van der Waals surface area contributed by atoms with Crippen LogP contribution >= 0.6 is 0 Å². The van der Waals surface area contributed by atoms with Gasteiger partial charge in [-0.3, -0.25) is 0 Å². The number of nitrogens with one attached hydrogen (secondary N) is 1. The Balaban J connectivity index is 1.99. The lowest BCUT2D eigenvalue weighted by molar-refractivity contribution is 0.568. The highest BCUT2D eigenvalue weighted by atomic mass is 15.1. The summed E-state index contributed by atoms with van der Waals surface area (Å²) in [6, 6.07) is 16.5. The Morgan fingerprint density at radius 3 is 2.48 bits per heavy atom. The summed E-state index contributed by atoms with van der Waals surface area (Å²) < 4.78 is 0. The Labute approximate surface area is 125 Å². The number of rotatable bonds is 2. The van der Waals surface area contributed by atoms with E-state index in [1.807, 2.05) is 24.3 Å². The van der Waals surface area contributed by atoms with Gasteiger partial charge >= 0.3 is 0 Å². The SMILES string of the molecule is CC(C)(C)c1ccnc(Nc2cccc3ccccc23)n1. The van der Waals surface area contributed by atoms with E-state index in [1.165, 1.54) is 10.8 Å². The van der Waals surface area contributed by atoms with Gasteiger partial charge in [0.25, 0.3) is 0 Å². The number of nitrogens with zero attached hydrogens (tertiary/aromatic N) is 2. The lowest BCUT2D eigenvalue weighted by atomic mass is 9.92. The first-order chi connectivity index (χ1) is 10.0. The summed E-state index contributed by atoms with van der Waals surface area (Å²) >= 11 is 0. The minimum absolute atomic E-state index is 0.0120. The molecule has 0 aliphatic heterocycles. The number of aromatic nitrogens is 2. The van der Waals surface area contributed by atoms with E-state index >= 15 is 0 Å². The van der Waals surface area contributed by atoms with Crippen molar-refractivity contribution in [2.45, 2.75) is 26.2 Å². The van der Waals surface area contributed by atoms with E-state index in [9.17, 15) is 0 Å². The Bertz CT molecular complexity index is 767. The number of benzene rings is 2. The minimum atomic E-state index is 0.0120. The van der Waals surface area contributed by atoms with Crippen LogP contribution in [0.3, 0.4) is 0 Å². The van der Waals surface area contributed by atoms with Gasteiger partial charge in [0.05, 0.1) is 5.69 Å². The van der Waals surface area contributed by atoms with Crippen LogP contribution in [0, 0.1) is 0 Å². The molecular weight excluding hydrogens is 258 g/mol. The highest BCUT2D eigenvalue weighted by Crippen LogP contribution is 2.26. The van der Waals surface area contributed by atoms with Crippen molar-refractivity contribution in [2.24, 2.45) is 0 Å². The van der Waals surface area contributed by atoms with Crippen LogP contribution < -0.4 is 5.32 Å². The van der Waals surface area contributed by atoms with E-state index in [0.29, 0.717) is 5.95 Å². The molecule has 3 nitrogen and oxygen atoms in total. The molecule has 1 heterocycles. The summed E-state index contributed by atoms with van der Waals surface area (Å²) in [6.45, 7) is 6.45. The van der Waals surface area contributed by atoms with E-state index in [2.05, 4.69) is 60.3 Å². The molecule has 0 amide bonds. The van der Waals surface area contributed by atoms with Crippen molar-refractivity contribution in [1.82, 2.24) is 9.97 Å². The van der Waals surface area contributed by atoms with Crippen molar-refractivity contribution in [1.29, 1.82) is 0 Å². The topological polar surface area (TPSA) is 37.8 Å². The lowest BCUT2D eigenvalue weighted by Gasteiger charge is -2.18. The highest BCUT2D eigenvalue weighted by Gasteiger charge is 2.16. The zero-order valence-electron chi connectivity index (χ0n) is 12.6. The fourth-order valence-corrected chi connectivity index (χ4v) is 2.29. The molecule has 0 saturated heterocycles. The maximum absolute atomic E-state index is 4.62. The standard InChI is InChI=1S/C18H19N3/c1-18(2,3)16-11-12-19-17(21-16)20-15-10-6-8-13-7-4-5-9-14(13)15/h4-12H,1-3H3,(H,19,20,21). The third-order valence-electron chi connectivity index (χ3n) is 3.46. The summed E-state index contributed by atoms with van der Waals surface area (Å²) in [4.78, 5) is 8.96. The van der Waals surface area contributed by atoms with Crippen molar-refractivity contribution < 1.29 is 0 Å². The Morgan fingerprint density at radius 2 is 1.67 bits per heavy atom. The van der Waals surface area contributed by atoms with Gasteiger partial charge in [-0.2, -0.15) is 0 Å². The Morgan fingerprint density at radius 1 is 0.905 bits per heavy atom. The quantitative estimate of drug-likeness (QED) is 0.739. The molecular formula is C18H19N3. The van der Waals surface area contributed by atoms with E-state index in [4.69, 9.17) is 0 Å². The van der Waals surface area contributed by atoms with Crippen molar-refractivity contribution in [3.8, 4) is 0 Å². The third kappa shape index (κ3) is 2.87. The zero-order valence-corrected chi connectivity index (χ0v) is 12.6. The van der Waals surface area contributed by atoms with Crippen LogP contribution in [0.5, 0.6) is 0 Å². The third-order valence-corrected chi connectivity index (χ3v) is 3.46. The van der Waals surface area contributed by atoms with Crippen molar-refractivity contribution >= 4 is 22.4 Å². The van der Waals surface area contributed by atoms with E-state index in [-0.39, 0.29) is 5.41 Å². The van der Waals surface area contributed by atoms with Crippen molar-refractivity contribution in [3.63, 3.8) is 0 Å². The van der Waals surface area contributed by atoms with Crippen molar-refractivity contribution in [2.75, 3.05) is 5.32 Å². The Kier molecular flexibility index (Phi) is 3.34. The summed E-state index contributed by atoms with van der Waals surface area (Å²) in [5.74, 6) is 0.638. The van der Waals surface area contributed by atoms with Crippen LogP contribution in [-0.4, -0.2) is 9.97 Å². The molecule has 0 radical (unpaired) electrons.